The van der Waals surface area contributed by atoms with Gasteiger partial charge in [0.1, 0.15) is 5.75 Å². The van der Waals surface area contributed by atoms with Gasteiger partial charge in [0, 0.05) is 0 Å². The number of hydrogen-bond donors (Lipinski definition) is 0. The zero-order chi connectivity index (χ0) is 21.4. The van der Waals surface area contributed by atoms with Gasteiger partial charge in [-0.15, -0.1) is 0 Å². The van der Waals surface area contributed by atoms with Crippen LogP contribution in [0.15, 0.2) is 54.6 Å². The molecular weight excluding hydrogens is 390 g/mol. The third-order valence-corrected chi connectivity index (χ3v) is 7.43. The number of ether oxygens (including phenoxy) is 1. The predicted molar refractivity (Wildman–Crippen MR) is 115 cm³/mol. The monoisotopic (exact) mass is 413 g/mol. The molecule has 4 aliphatic carbocycles. The van der Waals surface area contributed by atoms with Gasteiger partial charge in [0.05, 0.1) is 23.1 Å². The van der Waals surface area contributed by atoms with Crippen LogP contribution in [0.2, 0.25) is 0 Å². The van der Waals surface area contributed by atoms with E-state index in [0.717, 1.165) is 17.5 Å². The molecule has 31 heavy (non-hydrogen) atoms. The molecule has 0 spiro atoms. The van der Waals surface area contributed by atoms with E-state index >= 15 is 0 Å². The molecule has 6 atom stereocenters. The number of benzene rings is 2. The molecule has 0 aromatic heterocycles. The minimum atomic E-state index is -0.466. The highest BCUT2D eigenvalue weighted by Gasteiger charge is 2.67. The number of amides is 2. The van der Waals surface area contributed by atoms with Crippen LogP contribution < -0.4 is 9.64 Å². The lowest BCUT2D eigenvalue weighted by molar-refractivity contribution is -0.124. The molecule has 2 saturated carbocycles. The summed E-state index contributed by atoms with van der Waals surface area (Å²) in [4.78, 5) is 40.3. The highest BCUT2D eigenvalue weighted by molar-refractivity contribution is 6.22. The van der Waals surface area contributed by atoms with Gasteiger partial charge in [-0.2, -0.15) is 0 Å². The second-order valence-electron chi connectivity index (χ2n) is 9.43. The van der Waals surface area contributed by atoms with Gasteiger partial charge < -0.3 is 4.74 Å². The zero-order valence-corrected chi connectivity index (χ0v) is 17.4. The molecule has 1 aliphatic heterocycles. The van der Waals surface area contributed by atoms with Crippen molar-refractivity contribution < 1.29 is 19.1 Å². The number of esters is 1. The molecule has 1 saturated heterocycles. The fourth-order valence-corrected chi connectivity index (χ4v) is 6.12. The van der Waals surface area contributed by atoms with E-state index in [2.05, 4.69) is 12.2 Å². The van der Waals surface area contributed by atoms with E-state index in [1.165, 1.54) is 4.90 Å². The van der Waals surface area contributed by atoms with Gasteiger partial charge >= 0.3 is 5.97 Å². The third kappa shape index (κ3) is 2.72. The van der Waals surface area contributed by atoms with E-state index in [-0.39, 0.29) is 35.5 Å². The second-order valence-corrected chi connectivity index (χ2v) is 9.43. The largest absolute Gasteiger partial charge is 0.423 e. The summed E-state index contributed by atoms with van der Waals surface area (Å²) < 4.78 is 5.51. The summed E-state index contributed by atoms with van der Waals surface area (Å²) in [6.45, 7) is 3.90. The van der Waals surface area contributed by atoms with Crippen molar-refractivity contribution in [2.24, 2.45) is 35.5 Å². The highest BCUT2D eigenvalue weighted by Crippen LogP contribution is 2.65. The van der Waals surface area contributed by atoms with Crippen molar-refractivity contribution in [3.63, 3.8) is 0 Å². The quantitative estimate of drug-likeness (QED) is 0.329. The number of hydrogen-bond acceptors (Lipinski definition) is 4. The number of allylic oxidation sites excluding steroid dienone is 2. The molecule has 2 aromatic carbocycles. The van der Waals surface area contributed by atoms with Gasteiger partial charge in [0.15, 0.2) is 0 Å². The zero-order valence-electron chi connectivity index (χ0n) is 17.4. The van der Waals surface area contributed by atoms with Crippen molar-refractivity contribution in [1.29, 1.82) is 0 Å². The molecule has 7 rings (SSSR count). The first-order valence-corrected chi connectivity index (χ1v) is 10.9. The summed E-state index contributed by atoms with van der Waals surface area (Å²) in [5.41, 5.74) is 2.95. The SMILES string of the molecule is Cc1cc(C)cc(OC(=O)c2ccc(N3C(=O)[C@@H]4[C@H]5C=C[C@H]([C@H]6C[C@H]56)[C@@H]4C3=O)cc2)c1. The molecule has 5 nitrogen and oxygen atoms in total. The van der Waals surface area contributed by atoms with Crippen molar-refractivity contribution in [3.8, 4) is 5.75 Å². The minimum absolute atomic E-state index is 0.0923. The summed E-state index contributed by atoms with van der Waals surface area (Å²) >= 11 is 0. The van der Waals surface area contributed by atoms with E-state index in [9.17, 15) is 14.4 Å². The van der Waals surface area contributed by atoms with Crippen molar-refractivity contribution in [3.05, 3.63) is 71.3 Å². The van der Waals surface area contributed by atoms with Crippen molar-refractivity contribution in [2.75, 3.05) is 4.90 Å². The Hall–Kier alpha value is -3.21. The number of imide groups is 1. The number of carbonyl (C=O) groups excluding carboxylic acids is 3. The van der Waals surface area contributed by atoms with Gasteiger partial charge in [-0.3, -0.25) is 14.5 Å². The van der Waals surface area contributed by atoms with E-state index in [4.69, 9.17) is 4.74 Å². The maximum Gasteiger partial charge on any atom is 0.343 e. The van der Waals surface area contributed by atoms with E-state index in [1.807, 2.05) is 32.0 Å². The Balaban J connectivity index is 1.23. The molecule has 1 heterocycles. The topological polar surface area (TPSA) is 63.7 Å². The fourth-order valence-electron chi connectivity index (χ4n) is 6.12. The molecule has 0 N–H and O–H groups in total. The Bertz CT molecular complexity index is 1110. The average molecular weight is 413 g/mol. The van der Waals surface area contributed by atoms with Crippen molar-refractivity contribution >= 4 is 23.5 Å². The highest BCUT2D eigenvalue weighted by atomic mass is 16.5. The first-order chi connectivity index (χ1) is 14.9. The van der Waals surface area contributed by atoms with E-state index < -0.39 is 5.97 Å². The number of carbonyl (C=O) groups is 3. The van der Waals surface area contributed by atoms with E-state index in [1.54, 1.807) is 24.3 Å². The summed E-state index contributed by atoms with van der Waals surface area (Å²) in [6.07, 6.45) is 5.48. The summed E-state index contributed by atoms with van der Waals surface area (Å²) in [5, 5.41) is 0. The van der Waals surface area contributed by atoms with Crippen LogP contribution in [0.5, 0.6) is 5.75 Å². The average Bonchev–Trinajstić information content (AvgIpc) is 3.51. The van der Waals surface area contributed by atoms with Gasteiger partial charge in [-0.05, 0) is 91.5 Å². The van der Waals surface area contributed by atoms with Crippen LogP contribution in [0.1, 0.15) is 27.9 Å². The third-order valence-electron chi connectivity index (χ3n) is 7.43. The lowest BCUT2D eigenvalue weighted by atomic mass is 9.63. The van der Waals surface area contributed by atoms with Crippen LogP contribution in [0.25, 0.3) is 0 Å². The van der Waals surface area contributed by atoms with E-state index in [0.29, 0.717) is 28.8 Å². The molecule has 156 valence electrons. The number of rotatable bonds is 3. The lowest BCUT2D eigenvalue weighted by Gasteiger charge is -2.37. The van der Waals surface area contributed by atoms with Crippen LogP contribution in [0.3, 0.4) is 0 Å². The van der Waals surface area contributed by atoms with Gasteiger partial charge in [0.2, 0.25) is 11.8 Å². The van der Waals surface area contributed by atoms with Crippen LogP contribution >= 0.6 is 0 Å². The maximum atomic E-state index is 13.2. The summed E-state index contributed by atoms with van der Waals surface area (Å²) in [6, 6.07) is 12.2. The molecular formula is C26H23NO4. The Morgan fingerprint density at radius 3 is 1.97 bits per heavy atom. The standard InChI is InChI=1S/C26H23NO4/c1-13-9-14(2)11-17(10-13)31-26(30)15-3-5-16(6-4-15)27-24(28)22-18-7-8-19(21-12-20(18)21)23(22)25(27)29/h3-11,18-23H,12H2,1-2H3/t18-,19+,20-,21-,22+,23-/m1/s1. The number of nitrogens with zero attached hydrogens (tertiary/aromatic N) is 1. The first-order valence-electron chi connectivity index (χ1n) is 10.9. The fraction of sp³-hybridized carbons (Fsp3) is 0.346. The van der Waals surface area contributed by atoms with Crippen LogP contribution in [-0.4, -0.2) is 17.8 Å². The van der Waals surface area contributed by atoms with Gasteiger partial charge in [0.25, 0.3) is 0 Å². The molecule has 2 amide bonds. The first kappa shape index (κ1) is 18.6. The van der Waals surface area contributed by atoms with Crippen molar-refractivity contribution in [2.45, 2.75) is 20.3 Å². The Kier molecular flexibility index (Phi) is 3.83. The molecule has 2 bridgehead atoms. The lowest BCUT2D eigenvalue weighted by Crippen LogP contribution is -2.40. The molecule has 3 fully saturated rings. The van der Waals surface area contributed by atoms with Gasteiger partial charge in [-0.1, -0.05) is 18.2 Å². The molecule has 2 aromatic rings. The number of anilines is 1. The summed E-state index contributed by atoms with van der Waals surface area (Å²) in [7, 11) is 0. The maximum absolute atomic E-state index is 13.2. The Morgan fingerprint density at radius 2 is 1.42 bits per heavy atom. The predicted octanol–water partition coefficient (Wildman–Crippen LogP) is 4.08. The van der Waals surface area contributed by atoms with Crippen LogP contribution in [0.4, 0.5) is 5.69 Å². The van der Waals surface area contributed by atoms with Gasteiger partial charge in [-0.25, -0.2) is 4.79 Å². The summed E-state index contributed by atoms with van der Waals surface area (Å²) in [5.74, 6) is 0.970. The normalized spacial score (nSPS) is 32.1. The molecule has 0 unspecified atom stereocenters. The minimum Gasteiger partial charge on any atom is -0.423 e. The number of aryl methyl sites for hydroxylation is 2. The molecule has 0 radical (unpaired) electrons. The Morgan fingerprint density at radius 1 is 0.871 bits per heavy atom. The van der Waals surface area contributed by atoms with Crippen LogP contribution in [-0.2, 0) is 9.59 Å². The molecule has 5 aliphatic rings. The molecule has 5 heteroatoms. The smallest absolute Gasteiger partial charge is 0.343 e. The second kappa shape index (κ2) is 6.39. The Labute approximate surface area is 180 Å². The van der Waals surface area contributed by atoms with Crippen molar-refractivity contribution in [1.82, 2.24) is 0 Å². The van der Waals surface area contributed by atoms with Crippen LogP contribution in [0, 0.1) is 49.4 Å².